The summed E-state index contributed by atoms with van der Waals surface area (Å²) in [4.78, 5) is 16.8. The number of hydrogen-bond acceptors (Lipinski definition) is 6. The van der Waals surface area contributed by atoms with Gasteiger partial charge in [-0.1, -0.05) is 37.6 Å². The Morgan fingerprint density at radius 2 is 1.85 bits per heavy atom. The normalized spacial score (nSPS) is 11.6. The topological polar surface area (TPSA) is 114 Å². The Labute approximate surface area is 202 Å². The molecule has 2 aromatic heterocycles. The van der Waals surface area contributed by atoms with Gasteiger partial charge in [-0.3, -0.25) is 9.89 Å². The Bertz CT molecular complexity index is 1430. The lowest BCUT2D eigenvalue weighted by molar-refractivity contribution is 0.0950. The number of carbonyl (C=O) groups is 1. The van der Waals surface area contributed by atoms with E-state index in [2.05, 4.69) is 20.5 Å². The van der Waals surface area contributed by atoms with Crippen LogP contribution < -0.4 is 10.1 Å². The highest BCUT2D eigenvalue weighted by Crippen LogP contribution is 2.29. The quantitative estimate of drug-likeness (QED) is 0.372. The molecule has 0 saturated carbocycles. The Balaban J connectivity index is 1.45. The maximum Gasteiger partial charge on any atom is 0.253 e. The highest BCUT2D eigenvalue weighted by atomic mass is 35.5. The first kappa shape index (κ1) is 23.7. The number of sulfone groups is 1. The number of aromatic amines is 1. The number of nitrogens with one attached hydrogen (secondary N) is 2. The molecule has 0 unspecified atom stereocenters. The maximum atomic E-state index is 13.1. The molecular weight excluding hydrogens is 476 g/mol. The van der Waals surface area contributed by atoms with Crippen molar-refractivity contribution in [3.05, 3.63) is 77.1 Å². The van der Waals surface area contributed by atoms with Crippen LogP contribution in [0.5, 0.6) is 5.75 Å². The van der Waals surface area contributed by atoms with Gasteiger partial charge in [0.1, 0.15) is 5.75 Å². The Morgan fingerprint density at radius 1 is 1.09 bits per heavy atom. The number of amides is 1. The van der Waals surface area contributed by atoms with Crippen LogP contribution in [-0.2, 0) is 16.4 Å². The third-order valence-electron chi connectivity index (χ3n) is 4.98. The molecule has 2 aromatic carbocycles. The summed E-state index contributed by atoms with van der Waals surface area (Å²) in [6.07, 6.45) is 3.06. The number of carbonyl (C=O) groups excluding carboxylic acids is 1. The molecule has 4 aromatic rings. The van der Waals surface area contributed by atoms with E-state index in [-0.39, 0.29) is 33.2 Å². The van der Waals surface area contributed by atoms with Crippen LogP contribution >= 0.6 is 11.6 Å². The van der Waals surface area contributed by atoms with Gasteiger partial charge in [-0.05, 0) is 47.9 Å². The zero-order chi connectivity index (χ0) is 24.3. The summed E-state index contributed by atoms with van der Waals surface area (Å²) < 4.78 is 31.9. The molecule has 8 nitrogen and oxygen atoms in total. The second kappa shape index (κ2) is 9.82. The minimum Gasteiger partial charge on any atom is -0.493 e. The van der Waals surface area contributed by atoms with Crippen LogP contribution in [0.4, 0.5) is 0 Å². The first-order valence-corrected chi connectivity index (χ1v) is 12.4. The summed E-state index contributed by atoms with van der Waals surface area (Å²) in [6, 6.07) is 12.5. The molecule has 10 heteroatoms. The first-order valence-electron chi connectivity index (χ1n) is 10.6. The zero-order valence-electron chi connectivity index (χ0n) is 18.6. The zero-order valence-corrected chi connectivity index (χ0v) is 20.2. The van der Waals surface area contributed by atoms with Crippen molar-refractivity contribution in [3.8, 4) is 5.75 Å². The molecule has 34 heavy (non-hydrogen) atoms. The van der Waals surface area contributed by atoms with Crippen molar-refractivity contribution in [3.63, 3.8) is 0 Å². The van der Waals surface area contributed by atoms with Crippen LogP contribution in [0, 0.1) is 5.92 Å². The molecule has 0 aliphatic carbocycles. The highest BCUT2D eigenvalue weighted by Gasteiger charge is 2.20. The number of hydrogen-bond donors (Lipinski definition) is 2. The number of aromatic nitrogens is 3. The van der Waals surface area contributed by atoms with Gasteiger partial charge in [-0.25, -0.2) is 13.4 Å². The molecular formula is C24H23ClN4O4S. The number of benzene rings is 2. The van der Waals surface area contributed by atoms with E-state index in [1.807, 2.05) is 13.8 Å². The van der Waals surface area contributed by atoms with E-state index in [9.17, 15) is 13.2 Å². The predicted octanol–water partition coefficient (Wildman–Crippen LogP) is 4.41. The number of nitrogens with zero attached hydrogens (tertiary/aromatic N) is 2. The Morgan fingerprint density at radius 3 is 2.59 bits per heavy atom. The lowest BCUT2D eigenvalue weighted by Crippen LogP contribution is -2.22. The second-order valence-electron chi connectivity index (χ2n) is 8.19. The fourth-order valence-electron chi connectivity index (χ4n) is 3.21. The van der Waals surface area contributed by atoms with Gasteiger partial charge in [-0.2, -0.15) is 5.10 Å². The molecule has 0 bridgehead atoms. The fourth-order valence-corrected chi connectivity index (χ4v) is 4.82. The summed E-state index contributed by atoms with van der Waals surface area (Å²) in [5.41, 5.74) is 1.76. The second-order valence-corrected chi connectivity index (χ2v) is 10.6. The van der Waals surface area contributed by atoms with E-state index in [1.165, 1.54) is 30.5 Å². The van der Waals surface area contributed by atoms with E-state index < -0.39 is 9.84 Å². The van der Waals surface area contributed by atoms with Crippen LogP contribution in [0.25, 0.3) is 11.0 Å². The number of halogens is 1. The van der Waals surface area contributed by atoms with Crippen LogP contribution in [-0.4, -0.2) is 36.1 Å². The van der Waals surface area contributed by atoms with E-state index in [4.69, 9.17) is 16.3 Å². The van der Waals surface area contributed by atoms with Crippen molar-refractivity contribution < 1.29 is 17.9 Å². The molecule has 1 amide bonds. The molecule has 2 N–H and O–H groups in total. The largest absolute Gasteiger partial charge is 0.493 e. The minimum absolute atomic E-state index is 0.0574. The lowest BCUT2D eigenvalue weighted by atomic mass is 10.2. The van der Waals surface area contributed by atoms with Crippen LogP contribution in [0.2, 0.25) is 5.02 Å². The number of H-pyrrole nitrogens is 1. The number of fused-ring (bicyclic) bond motifs is 1. The fraction of sp³-hybridized carbons (Fsp3) is 0.208. The smallest absolute Gasteiger partial charge is 0.253 e. The summed E-state index contributed by atoms with van der Waals surface area (Å²) >= 11 is 6.14. The number of pyridine rings is 1. The minimum atomic E-state index is -3.80. The van der Waals surface area contributed by atoms with Crippen molar-refractivity contribution >= 4 is 38.4 Å². The van der Waals surface area contributed by atoms with Gasteiger partial charge in [0.15, 0.2) is 5.65 Å². The molecule has 0 saturated heterocycles. The molecule has 0 radical (unpaired) electrons. The van der Waals surface area contributed by atoms with E-state index >= 15 is 0 Å². The van der Waals surface area contributed by atoms with Crippen LogP contribution in [0.3, 0.4) is 0 Å². The van der Waals surface area contributed by atoms with Gasteiger partial charge in [0.05, 0.1) is 28.2 Å². The van der Waals surface area contributed by atoms with Crippen molar-refractivity contribution in [2.75, 3.05) is 6.61 Å². The first-order chi connectivity index (χ1) is 16.2. The third-order valence-corrected chi connectivity index (χ3v) is 6.95. The standard InChI is InChI=1S/C24H23ClN4O4S/c1-15(2)14-33-20-8-19(25)9-22(10-20)34(31,32)21-5-3-16(4-6-21)11-27-24(30)18-7-17-13-28-29-23(17)26-12-18/h3-10,12-13,15H,11,14H2,1-2H3,(H,27,30)(H,26,28,29). The van der Waals surface area contributed by atoms with Crippen molar-refractivity contribution in [2.45, 2.75) is 30.2 Å². The number of rotatable bonds is 8. The predicted molar refractivity (Wildman–Crippen MR) is 129 cm³/mol. The highest BCUT2D eigenvalue weighted by molar-refractivity contribution is 7.91. The summed E-state index contributed by atoms with van der Waals surface area (Å²) in [5.74, 6) is 0.402. The molecule has 0 aliphatic rings. The molecule has 2 heterocycles. The van der Waals surface area contributed by atoms with Gasteiger partial charge in [-0.15, -0.1) is 0 Å². The molecule has 4 rings (SSSR count). The van der Waals surface area contributed by atoms with Gasteiger partial charge < -0.3 is 10.1 Å². The van der Waals surface area contributed by atoms with Crippen molar-refractivity contribution in [1.29, 1.82) is 0 Å². The summed E-state index contributed by atoms with van der Waals surface area (Å²) in [7, 11) is -3.80. The molecule has 0 atom stereocenters. The third kappa shape index (κ3) is 5.37. The summed E-state index contributed by atoms with van der Waals surface area (Å²) in [6.45, 7) is 4.68. The van der Waals surface area contributed by atoms with Gasteiger partial charge in [0.2, 0.25) is 9.84 Å². The van der Waals surface area contributed by atoms with Gasteiger partial charge in [0.25, 0.3) is 5.91 Å². The van der Waals surface area contributed by atoms with E-state index in [0.29, 0.717) is 23.6 Å². The number of ether oxygens (including phenoxy) is 1. The summed E-state index contributed by atoms with van der Waals surface area (Å²) in [5, 5.41) is 10.4. The maximum absolute atomic E-state index is 13.1. The lowest BCUT2D eigenvalue weighted by Gasteiger charge is -2.12. The Kier molecular flexibility index (Phi) is 6.85. The monoisotopic (exact) mass is 498 g/mol. The van der Waals surface area contributed by atoms with Crippen LogP contribution in [0.15, 0.2) is 70.7 Å². The molecule has 0 fully saturated rings. The van der Waals surface area contributed by atoms with Gasteiger partial charge in [0, 0.05) is 23.2 Å². The van der Waals surface area contributed by atoms with Crippen molar-refractivity contribution in [2.24, 2.45) is 5.92 Å². The average Bonchev–Trinajstić information content (AvgIpc) is 3.29. The van der Waals surface area contributed by atoms with E-state index in [0.717, 1.165) is 10.9 Å². The SMILES string of the molecule is CC(C)COc1cc(Cl)cc(S(=O)(=O)c2ccc(CNC(=O)c3cnc4[nH]ncc4c3)cc2)c1. The Hall–Kier alpha value is -3.43. The average molecular weight is 499 g/mol. The molecule has 0 spiro atoms. The van der Waals surface area contributed by atoms with Gasteiger partial charge >= 0.3 is 0 Å². The van der Waals surface area contributed by atoms with Crippen LogP contribution in [0.1, 0.15) is 29.8 Å². The molecule has 0 aliphatic heterocycles. The van der Waals surface area contributed by atoms with Crippen molar-refractivity contribution in [1.82, 2.24) is 20.5 Å². The molecule has 176 valence electrons. The van der Waals surface area contributed by atoms with E-state index in [1.54, 1.807) is 30.5 Å².